The number of imidazole rings is 2. The topological polar surface area (TPSA) is 56.0 Å². The SMILES string of the molecule is Cn1ccnc1SCC(=O)N1CCn2c1nc1ccccc12. The molecular formula is C15H15N5OS. The van der Waals surface area contributed by atoms with Crippen LogP contribution in [0.4, 0.5) is 5.95 Å². The Morgan fingerprint density at radius 1 is 1.32 bits per heavy atom. The van der Waals surface area contributed by atoms with Crippen molar-refractivity contribution < 1.29 is 4.79 Å². The zero-order valence-corrected chi connectivity index (χ0v) is 13.0. The van der Waals surface area contributed by atoms with Crippen molar-refractivity contribution in [3.8, 4) is 0 Å². The van der Waals surface area contributed by atoms with Crippen molar-refractivity contribution in [3.05, 3.63) is 36.7 Å². The highest BCUT2D eigenvalue weighted by atomic mass is 32.2. The number of aromatic nitrogens is 4. The predicted molar refractivity (Wildman–Crippen MR) is 86.0 cm³/mol. The van der Waals surface area contributed by atoms with Crippen LogP contribution in [0.1, 0.15) is 0 Å². The highest BCUT2D eigenvalue weighted by Crippen LogP contribution is 2.28. The Labute approximate surface area is 131 Å². The van der Waals surface area contributed by atoms with E-state index in [1.54, 1.807) is 11.1 Å². The number of thioether (sulfide) groups is 1. The third kappa shape index (κ3) is 2.09. The van der Waals surface area contributed by atoms with Crippen LogP contribution in [0.25, 0.3) is 11.0 Å². The summed E-state index contributed by atoms with van der Waals surface area (Å²) in [5.74, 6) is 1.20. The number of carbonyl (C=O) groups excluding carboxylic acids is 1. The average Bonchev–Trinajstić information content (AvgIpc) is 3.19. The minimum absolute atomic E-state index is 0.0713. The van der Waals surface area contributed by atoms with Gasteiger partial charge in [0.1, 0.15) is 0 Å². The minimum Gasteiger partial charge on any atom is -0.329 e. The number of fused-ring (bicyclic) bond motifs is 3. The van der Waals surface area contributed by atoms with Crippen LogP contribution in [0.5, 0.6) is 0 Å². The van der Waals surface area contributed by atoms with Gasteiger partial charge in [0, 0.05) is 32.5 Å². The van der Waals surface area contributed by atoms with Crippen molar-refractivity contribution in [3.63, 3.8) is 0 Å². The van der Waals surface area contributed by atoms with E-state index in [0.29, 0.717) is 12.3 Å². The Balaban J connectivity index is 1.55. The van der Waals surface area contributed by atoms with Gasteiger partial charge in [-0.1, -0.05) is 23.9 Å². The van der Waals surface area contributed by atoms with Gasteiger partial charge in [0.15, 0.2) is 5.16 Å². The van der Waals surface area contributed by atoms with E-state index in [1.807, 2.05) is 42.1 Å². The normalized spacial score (nSPS) is 13.8. The molecule has 0 aliphatic carbocycles. The summed E-state index contributed by atoms with van der Waals surface area (Å²) in [5.41, 5.74) is 2.02. The molecule has 0 N–H and O–H groups in total. The quantitative estimate of drug-likeness (QED) is 0.693. The molecule has 0 spiro atoms. The van der Waals surface area contributed by atoms with Gasteiger partial charge in [-0.2, -0.15) is 0 Å². The molecule has 7 heteroatoms. The van der Waals surface area contributed by atoms with Crippen molar-refractivity contribution in [2.75, 3.05) is 17.2 Å². The van der Waals surface area contributed by atoms with Crippen LogP contribution < -0.4 is 4.90 Å². The summed E-state index contributed by atoms with van der Waals surface area (Å²) in [6.45, 7) is 1.49. The summed E-state index contributed by atoms with van der Waals surface area (Å²) in [4.78, 5) is 23.1. The lowest BCUT2D eigenvalue weighted by atomic mass is 10.3. The standard InChI is InChI=1S/C15H15N5OS/c1-18-7-6-16-15(18)22-10-13(21)20-9-8-19-12-5-3-2-4-11(12)17-14(19)20/h2-7H,8-10H2,1H3. The third-order valence-corrected chi connectivity index (χ3v) is 4.87. The van der Waals surface area contributed by atoms with Crippen LogP contribution >= 0.6 is 11.8 Å². The molecule has 0 bridgehead atoms. The van der Waals surface area contributed by atoms with E-state index < -0.39 is 0 Å². The Bertz CT molecular complexity index is 853. The molecule has 22 heavy (non-hydrogen) atoms. The van der Waals surface area contributed by atoms with Crippen molar-refractivity contribution in [1.82, 2.24) is 19.1 Å². The van der Waals surface area contributed by atoms with E-state index in [1.165, 1.54) is 11.8 Å². The van der Waals surface area contributed by atoms with Crippen LogP contribution in [0.3, 0.4) is 0 Å². The number of rotatable bonds is 3. The molecule has 0 atom stereocenters. The maximum atomic E-state index is 12.5. The zero-order chi connectivity index (χ0) is 15.1. The molecule has 1 aliphatic heterocycles. The highest BCUT2D eigenvalue weighted by Gasteiger charge is 2.28. The molecule has 112 valence electrons. The van der Waals surface area contributed by atoms with Crippen LogP contribution in [0, 0.1) is 0 Å². The largest absolute Gasteiger partial charge is 0.329 e. The number of carbonyl (C=O) groups is 1. The van der Waals surface area contributed by atoms with E-state index in [2.05, 4.69) is 14.5 Å². The van der Waals surface area contributed by atoms with Crippen molar-refractivity contribution in [2.45, 2.75) is 11.7 Å². The number of nitrogens with zero attached hydrogens (tertiary/aromatic N) is 5. The van der Waals surface area contributed by atoms with Gasteiger partial charge in [0.25, 0.3) is 0 Å². The fraction of sp³-hybridized carbons (Fsp3) is 0.267. The number of amides is 1. The van der Waals surface area contributed by atoms with Crippen molar-refractivity contribution in [1.29, 1.82) is 0 Å². The van der Waals surface area contributed by atoms with Crippen LogP contribution in [0.15, 0.2) is 41.8 Å². The molecular weight excluding hydrogens is 298 g/mol. The lowest BCUT2D eigenvalue weighted by molar-refractivity contribution is -0.116. The van der Waals surface area contributed by atoms with Gasteiger partial charge >= 0.3 is 0 Å². The van der Waals surface area contributed by atoms with Gasteiger partial charge in [-0.3, -0.25) is 9.69 Å². The first-order chi connectivity index (χ1) is 10.7. The van der Waals surface area contributed by atoms with E-state index in [4.69, 9.17) is 0 Å². The predicted octanol–water partition coefficient (Wildman–Crippen LogP) is 1.91. The van der Waals surface area contributed by atoms with E-state index >= 15 is 0 Å². The highest BCUT2D eigenvalue weighted by molar-refractivity contribution is 7.99. The number of benzene rings is 1. The first-order valence-electron chi connectivity index (χ1n) is 7.10. The Kier molecular flexibility index (Phi) is 3.15. The number of aryl methyl sites for hydroxylation is 1. The summed E-state index contributed by atoms with van der Waals surface area (Å²) < 4.78 is 4.02. The van der Waals surface area contributed by atoms with Gasteiger partial charge < -0.3 is 9.13 Å². The summed E-state index contributed by atoms with van der Waals surface area (Å²) in [6, 6.07) is 7.99. The van der Waals surface area contributed by atoms with E-state index in [9.17, 15) is 4.79 Å². The molecule has 0 saturated carbocycles. The molecule has 1 amide bonds. The molecule has 0 unspecified atom stereocenters. The molecule has 2 aromatic heterocycles. The Morgan fingerprint density at radius 3 is 3.00 bits per heavy atom. The van der Waals surface area contributed by atoms with Crippen molar-refractivity contribution >= 4 is 34.7 Å². The summed E-state index contributed by atoms with van der Waals surface area (Å²) >= 11 is 1.45. The van der Waals surface area contributed by atoms with E-state index in [-0.39, 0.29) is 5.91 Å². The first kappa shape index (κ1) is 13.4. The van der Waals surface area contributed by atoms with Gasteiger partial charge in [0.05, 0.1) is 16.8 Å². The average molecular weight is 313 g/mol. The molecule has 1 aliphatic rings. The monoisotopic (exact) mass is 313 g/mol. The maximum absolute atomic E-state index is 12.5. The number of para-hydroxylation sites is 2. The second-order valence-electron chi connectivity index (χ2n) is 5.21. The fourth-order valence-electron chi connectivity index (χ4n) is 2.72. The van der Waals surface area contributed by atoms with Gasteiger partial charge in [0.2, 0.25) is 11.9 Å². The smallest absolute Gasteiger partial charge is 0.239 e. The van der Waals surface area contributed by atoms with Gasteiger partial charge in [-0.05, 0) is 12.1 Å². The molecule has 0 fully saturated rings. The second kappa shape index (κ2) is 5.17. The second-order valence-corrected chi connectivity index (χ2v) is 6.15. The zero-order valence-electron chi connectivity index (χ0n) is 12.1. The summed E-state index contributed by atoms with van der Waals surface area (Å²) in [5, 5.41) is 0.848. The maximum Gasteiger partial charge on any atom is 0.239 e. The van der Waals surface area contributed by atoms with Gasteiger partial charge in [-0.15, -0.1) is 0 Å². The van der Waals surface area contributed by atoms with Crippen LogP contribution in [0.2, 0.25) is 0 Å². The number of hydrogen-bond donors (Lipinski definition) is 0. The number of hydrogen-bond acceptors (Lipinski definition) is 4. The molecule has 0 radical (unpaired) electrons. The minimum atomic E-state index is 0.0713. The van der Waals surface area contributed by atoms with Crippen molar-refractivity contribution in [2.24, 2.45) is 7.05 Å². The molecule has 3 aromatic rings. The summed E-state index contributed by atoms with van der Waals surface area (Å²) in [6.07, 6.45) is 3.62. The van der Waals surface area contributed by atoms with E-state index in [0.717, 1.165) is 28.7 Å². The first-order valence-corrected chi connectivity index (χ1v) is 8.08. The molecule has 4 rings (SSSR count). The fourth-order valence-corrected chi connectivity index (χ4v) is 3.53. The molecule has 0 saturated heterocycles. The number of anilines is 1. The molecule has 1 aromatic carbocycles. The molecule has 6 nitrogen and oxygen atoms in total. The lowest BCUT2D eigenvalue weighted by Crippen LogP contribution is -2.31. The molecule has 3 heterocycles. The lowest BCUT2D eigenvalue weighted by Gasteiger charge is -2.13. The Hall–Kier alpha value is -2.28. The Morgan fingerprint density at radius 2 is 2.18 bits per heavy atom. The van der Waals surface area contributed by atoms with Crippen LogP contribution in [-0.4, -0.2) is 37.3 Å². The summed E-state index contributed by atoms with van der Waals surface area (Å²) in [7, 11) is 1.93. The van der Waals surface area contributed by atoms with Crippen LogP contribution in [-0.2, 0) is 18.4 Å². The van der Waals surface area contributed by atoms with Gasteiger partial charge in [-0.25, -0.2) is 9.97 Å². The third-order valence-electron chi connectivity index (χ3n) is 3.83.